The van der Waals surface area contributed by atoms with Gasteiger partial charge >= 0.3 is 0 Å². The van der Waals surface area contributed by atoms with Crippen molar-refractivity contribution < 1.29 is 4.74 Å². The lowest BCUT2D eigenvalue weighted by atomic mass is 10.0. The number of nitrogens with one attached hydrogen (secondary N) is 1. The lowest BCUT2D eigenvalue weighted by molar-refractivity contribution is 0.406. The van der Waals surface area contributed by atoms with Crippen molar-refractivity contribution in [1.82, 2.24) is 5.32 Å². The fourth-order valence-electron chi connectivity index (χ4n) is 2.29. The minimum absolute atomic E-state index is 0.325. The van der Waals surface area contributed by atoms with Crippen LogP contribution in [-0.4, -0.2) is 7.11 Å². The van der Waals surface area contributed by atoms with Gasteiger partial charge in [-0.05, 0) is 31.0 Å². The zero-order valence-corrected chi connectivity index (χ0v) is 11.8. The van der Waals surface area contributed by atoms with Crippen LogP contribution in [0.2, 0.25) is 0 Å². The van der Waals surface area contributed by atoms with Crippen molar-refractivity contribution in [3.05, 3.63) is 65.2 Å². The number of aryl methyl sites for hydroxylation is 1. The van der Waals surface area contributed by atoms with E-state index >= 15 is 0 Å². The molecule has 0 aliphatic carbocycles. The normalized spacial score (nSPS) is 12.2. The Morgan fingerprint density at radius 2 is 1.74 bits per heavy atom. The zero-order valence-electron chi connectivity index (χ0n) is 11.8. The first-order chi connectivity index (χ1) is 9.22. The molecule has 0 fully saturated rings. The Bertz CT molecular complexity index is 536. The summed E-state index contributed by atoms with van der Waals surface area (Å²) in [6.45, 7) is 5.15. The van der Waals surface area contributed by atoms with Gasteiger partial charge in [-0.3, -0.25) is 0 Å². The molecule has 0 radical (unpaired) electrons. The first-order valence-corrected chi connectivity index (χ1v) is 6.63. The molecule has 2 aromatic carbocycles. The largest absolute Gasteiger partial charge is 0.496 e. The number of methoxy groups -OCH3 is 1. The first-order valence-electron chi connectivity index (χ1n) is 6.63. The van der Waals surface area contributed by atoms with Crippen molar-refractivity contribution in [2.45, 2.75) is 26.4 Å². The first kappa shape index (κ1) is 13.6. The van der Waals surface area contributed by atoms with Crippen LogP contribution < -0.4 is 10.1 Å². The van der Waals surface area contributed by atoms with Crippen molar-refractivity contribution in [2.75, 3.05) is 7.11 Å². The van der Waals surface area contributed by atoms with E-state index in [-0.39, 0.29) is 0 Å². The molecule has 100 valence electrons. The molecule has 2 rings (SSSR count). The Kier molecular flexibility index (Phi) is 4.58. The van der Waals surface area contributed by atoms with Gasteiger partial charge in [-0.2, -0.15) is 0 Å². The molecule has 0 saturated carbocycles. The van der Waals surface area contributed by atoms with E-state index < -0.39 is 0 Å². The molecular formula is C17H21NO. The standard InChI is InChI=1S/C17H21NO/c1-13-8-4-6-10-16(13)14(2)18-12-15-9-5-7-11-17(15)19-3/h4-11,14,18H,12H2,1-3H3/t14-/m1/s1. The van der Waals surface area contributed by atoms with E-state index in [0.717, 1.165) is 12.3 Å². The maximum atomic E-state index is 5.37. The van der Waals surface area contributed by atoms with E-state index in [2.05, 4.69) is 49.5 Å². The maximum Gasteiger partial charge on any atom is 0.123 e. The summed E-state index contributed by atoms with van der Waals surface area (Å²) in [7, 11) is 1.71. The number of para-hydroxylation sites is 1. The highest BCUT2D eigenvalue weighted by molar-refractivity contribution is 5.33. The SMILES string of the molecule is COc1ccccc1CN[C@H](C)c1ccccc1C. The number of hydrogen-bond acceptors (Lipinski definition) is 2. The van der Waals surface area contributed by atoms with E-state index in [4.69, 9.17) is 4.74 Å². The minimum atomic E-state index is 0.325. The van der Waals surface area contributed by atoms with Gasteiger partial charge in [0, 0.05) is 18.2 Å². The third-order valence-corrected chi connectivity index (χ3v) is 3.45. The fraction of sp³-hybridized carbons (Fsp3) is 0.294. The van der Waals surface area contributed by atoms with Crippen molar-refractivity contribution in [3.8, 4) is 5.75 Å². The molecule has 0 saturated heterocycles. The van der Waals surface area contributed by atoms with Gasteiger partial charge in [0.1, 0.15) is 5.75 Å². The van der Waals surface area contributed by atoms with E-state index in [1.165, 1.54) is 16.7 Å². The van der Waals surface area contributed by atoms with Crippen LogP contribution in [0.1, 0.15) is 29.7 Å². The van der Waals surface area contributed by atoms with Crippen LogP contribution in [0, 0.1) is 6.92 Å². The van der Waals surface area contributed by atoms with Crippen LogP contribution in [0.4, 0.5) is 0 Å². The van der Waals surface area contributed by atoms with Gasteiger partial charge in [0.05, 0.1) is 7.11 Å². The number of benzene rings is 2. The molecule has 19 heavy (non-hydrogen) atoms. The molecule has 1 atom stereocenters. The number of rotatable bonds is 5. The van der Waals surface area contributed by atoms with Gasteiger partial charge in [0.25, 0.3) is 0 Å². The van der Waals surface area contributed by atoms with Crippen LogP contribution in [0.15, 0.2) is 48.5 Å². The van der Waals surface area contributed by atoms with Crippen LogP contribution in [0.25, 0.3) is 0 Å². The summed E-state index contributed by atoms with van der Waals surface area (Å²) < 4.78 is 5.37. The van der Waals surface area contributed by atoms with Gasteiger partial charge in [-0.1, -0.05) is 42.5 Å². The third-order valence-electron chi connectivity index (χ3n) is 3.45. The Hall–Kier alpha value is -1.80. The molecular weight excluding hydrogens is 234 g/mol. The summed E-state index contributed by atoms with van der Waals surface area (Å²) in [5.41, 5.74) is 3.85. The van der Waals surface area contributed by atoms with Crippen LogP contribution in [0.5, 0.6) is 5.75 Å². The molecule has 0 unspecified atom stereocenters. The molecule has 2 heteroatoms. The summed E-state index contributed by atoms with van der Waals surface area (Å²) in [4.78, 5) is 0. The van der Waals surface area contributed by atoms with Gasteiger partial charge in [-0.25, -0.2) is 0 Å². The fourth-order valence-corrected chi connectivity index (χ4v) is 2.29. The summed E-state index contributed by atoms with van der Waals surface area (Å²) in [5, 5.41) is 3.55. The number of hydrogen-bond donors (Lipinski definition) is 1. The predicted molar refractivity (Wildman–Crippen MR) is 79.4 cm³/mol. The van der Waals surface area contributed by atoms with E-state index in [9.17, 15) is 0 Å². The Balaban J connectivity index is 2.04. The molecule has 2 nitrogen and oxygen atoms in total. The lowest BCUT2D eigenvalue weighted by Crippen LogP contribution is -2.19. The molecule has 0 heterocycles. The van der Waals surface area contributed by atoms with Crippen LogP contribution in [0.3, 0.4) is 0 Å². The third kappa shape index (κ3) is 3.36. The average molecular weight is 255 g/mol. The van der Waals surface area contributed by atoms with E-state index in [1.54, 1.807) is 7.11 Å². The van der Waals surface area contributed by atoms with E-state index in [1.807, 2.05) is 18.2 Å². The van der Waals surface area contributed by atoms with Crippen LogP contribution in [-0.2, 0) is 6.54 Å². The van der Waals surface area contributed by atoms with E-state index in [0.29, 0.717) is 6.04 Å². The monoisotopic (exact) mass is 255 g/mol. The topological polar surface area (TPSA) is 21.3 Å². The van der Waals surface area contributed by atoms with Crippen molar-refractivity contribution in [1.29, 1.82) is 0 Å². The van der Waals surface area contributed by atoms with Gasteiger partial charge < -0.3 is 10.1 Å². The van der Waals surface area contributed by atoms with Gasteiger partial charge in [0.15, 0.2) is 0 Å². The van der Waals surface area contributed by atoms with Crippen LogP contribution >= 0.6 is 0 Å². The lowest BCUT2D eigenvalue weighted by Gasteiger charge is -2.17. The number of ether oxygens (including phenoxy) is 1. The molecule has 1 N–H and O–H groups in total. The molecule has 0 bridgehead atoms. The highest BCUT2D eigenvalue weighted by atomic mass is 16.5. The highest BCUT2D eigenvalue weighted by Gasteiger charge is 2.08. The molecule has 0 aliphatic rings. The summed E-state index contributed by atoms with van der Waals surface area (Å²) >= 11 is 0. The Morgan fingerprint density at radius 3 is 2.47 bits per heavy atom. The second kappa shape index (κ2) is 6.39. The van der Waals surface area contributed by atoms with Crippen molar-refractivity contribution in [3.63, 3.8) is 0 Å². The Labute approximate surface area is 115 Å². The van der Waals surface area contributed by atoms with Gasteiger partial charge in [0.2, 0.25) is 0 Å². The highest BCUT2D eigenvalue weighted by Crippen LogP contribution is 2.20. The molecule has 0 amide bonds. The average Bonchev–Trinajstić information content (AvgIpc) is 2.45. The smallest absolute Gasteiger partial charge is 0.123 e. The van der Waals surface area contributed by atoms with Crippen molar-refractivity contribution in [2.24, 2.45) is 0 Å². The second-order valence-corrected chi connectivity index (χ2v) is 4.77. The molecule has 0 aliphatic heterocycles. The molecule has 0 spiro atoms. The summed E-state index contributed by atoms with van der Waals surface area (Å²) in [5.74, 6) is 0.937. The quantitative estimate of drug-likeness (QED) is 0.876. The minimum Gasteiger partial charge on any atom is -0.496 e. The molecule has 0 aromatic heterocycles. The molecule has 2 aromatic rings. The zero-order chi connectivity index (χ0) is 13.7. The maximum absolute atomic E-state index is 5.37. The van der Waals surface area contributed by atoms with Crippen molar-refractivity contribution >= 4 is 0 Å². The summed E-state index contributed by atoms with van der Waals surface area (Å²) in [6, 6.07) is 16.9. The summed E-state index contributed by atoms with van der Waals surface area (Å²) in [6.07, 6.45) is 0. The predicted octanol–water partition coefficient (Wildman–Crippen LogP) is 3.85. The second-order valence-electron chi connectivity index (χ2n) is 4.77. The Morgan fingerprint density at radius 1 is 1.05 bits per heavy atom. The van der Waals surface area contributed by atoms with Gasteiger partial charge in [-0.15, -0.1) is 0 Å².